The number of rotatable bonds is 17. The van der Waals surface area contributed by atoms with Crippen LogP contribution in [0, 0.1) is 10.1 Å². The Kier molecular flexibility index (Phi) is 18.7. The van der Waals surface area contributed by atoms with E-state index in [1.807, 2.05) is 0 Å². The van der Waals surface area contributed by atoms with Gasteiger partial charge in [-0.25, -0.2) is 0 Å². The predicted octanol–water partition coefficient (Wildman–Crippen LogP) is -9.79. The van der Waals surface area contributed by atoms with Crippen molar-refractivity contribution in [2.24, 2.45) is 0 Å². The molecule has 25 atom stereocenters. The van der Waals surface area contributed by atoms with Crippen LogP contribution in [0.4, 0.5) is 5.69 Å². The number of nitro groups is 1. The number of aliphatic hydroxyl groups excluding tert-OH is 15. The van der Waals surface area contributed by atoms with Crippen molar-refractivity contribution in [2.75, 3.05) is 33.0 Å². The summed E-state index contributed by atoms with van der Waals surface area (Å²) < 4.78 is 56.3. The summed E-state index contributed by atoms with van der Waals surface area (Å²) in [5, 5.41) is 174. The van der Waals surface area contributed by atoms with Crippen molar-refractivity contribution in [2.45, 2.75) is 160 Å². The maximum Gasteiger partial charge on any atom is 0.269 e. The Balaban J connectivity index is 1.08. The molecular weight excluding hydrogens is 932 g/mol. The Morgan fingerprint density at radius 1 is 0.500 bits per heavy atom. The monoisotopic (exact) mass is 990 g/mol. The molecule has 30 heteroatoms. The molecule has 0 spiro atoms. The zero-order valence-electron chi connectivity index (χ0n) is 35.7. The van der Waals surface area contributed by atoms with Crippen LogP contribution in [0.15, 0.2) is 24.3 Å². The fourth-order valence-corrected chi connectivity index (χ4v) is 8.30. The highest BCUT2D eigenvalue weighted by Crippen LogP contribution is 2.36. The largest absolute Gasteiger partial charge is 0.462 e. The van der Waals surface area contributed by atoms with Crippen molar-refractivity contribution in [1.82, 2.24) is 5.32 Å². The van der Waals surface area contributed by atoms with Crippen LogP contribution in [-0.4, -0.2) is 274 Å². The minimum Gasteiger partial charge on any atom is -0.462 e. The SMILES string of the molecule is CC(=O)N[C@H]1[C@H](O[C@H]2[C@H](O)[C@@H](O)[C@@H](O[C@H]3[C@H](O)[C@@H](O)[C@@H](O[C@H]4[C@H](O)[C@@H](O)[C@@H](O[C@H]5[C@H](O)[C@@H](O)C(Oc6ccc([N+](=O)[O-])cc6)O[C@@H]5CO)O[C@@H]4CO)O[C@@H]3CO)O[C@@H]2CO)O[C@H](CO)[C@@H](O)[C@@H]1O. The average Bonchev–Trinajstić information content (AvgIpc) is 3.32. The van der Waals surface area contributed by atoms with E-state index in [1.165, 1.54) is 12.1 Å². The van der Waals surface area contributed by atoms with Gasteiger partial charge in [-0.2, -0.15) is 0 Å². The first-order valence-corrected chi connectivity index (χ1v) is 21.2. The maximum atomic E-state index is 11.9. The number of nitrogens with one attached hydrogen (secondary N) is 1. The van der Waals surface area contributed by atoms with E-state index in [0.29, 0.717) is 0 Å². The minimum absolute atomic E-state index is 0.0218. The Morgan fingerprint density at radius 2 is 0.824 bits per heavy atom. The Hall–Kier alpha value is -3.07. The zero-order chi connectivity index (χ0) is 49.9. The Morgan fingerprint density at radius 3 is 1.16 bits per heavy atom. The molecule has 5 heterocycles. The maximum absolute atomic E-state index is 11.9. The van der Waals surface area contributed by atoms with E-state index in [1.54, 1.807) is 0 Å². The van der Waals surface area contributed by atoms with Gasteiger partial charge in [0.05, 0.1) is 38.0 Å². The third kappa shape index (κ3) is 11.5. The number of hydrogen-bond donors (Lipinski definition) is 16. The molecule has 1 aromatic rings. The van der Waals surface area contributed by atoms with Gasteiger partial charge in [-0.15, -0.1) is 0 Å². The van der Waals surface area contributed by atoms with Gasteiger partial charge in [0.1, 0.15) is 128 Å². The topological polar surface area (TPSA) is 468 Å². The second-order valence-corrected chi connectivity index (χ2v) is 16.5. The van der Waals surface area contributed by atoms with Gasteiger partial charge in [0.15, 0.2) is 25.2 Å². The molecule has 0 aromatic heterocycles. The summed E-state index contributed by atoms with van der Waals surface area (Å²) >= 11 is 0. The lowest BCUT2D eigenvalue weighted by Crippen LogP contribution is -2.69. The molecule has 1 amide bonds. The van der Waals surface area contributed by atoms with Crippen molar-refractivity contribution in [3.05, 3.63) is 34.4 Å². The number of carbonyl (C=O) groups excluding carboxylic acids is 1. The Bertz CT molecular complexity index is 1770. The van der Waals surface area contributed by atoms with Crippen molar-refractivity contribution in [3.63, 3.8) is 0 Å². The van der Waals surface area contributed by atoms with Gasteiger partial charge in [-0.05, 0) is 12.1 Å². The second-order valence-electron chi connectivity index (χ2n) is 16.5. The molecule has 0 saturated carbocycles. The van der Waals surface area contributed by atoms with Gasteiger partial charge in [0.25, 0.3) is 5.69 Å². The number of hydrogen-bond acceptors (Lipinski definition) is 28. The summed E-state index contributed by atoms with van der Waals surface area (Å²) in [6.45, 7) is -3.58. The first-order chi connectivity index (χ1) is 32.3. The van der Waals surface area contributed by atoms with Gasteiger partial charge in [-0.3, -0.25) is 14.9 Å². The fraction of sp³-hybridized carbons (Fsp3) is 0.816. The highest BCUT2D eigenvalue weighted by atomic mass is 16.8. The summed E-state index contributed by atoms with van der Waals surface area (Å²) in [6.07, 6.45) is -44.2. The normalized spacial score (nSPS) is 45.6. The molecule has 6 rings (SSSR count). The lowest BCUT2D eigenvalue weighted by atomic mass is 9.95. The summed E-state index contributed by atoms with van der Waals surface area (Å²) in [5.74, 6) is -0.728. The number of carbonyl (C=O) groups is 1. The van der Waals surface area contributed by atoms with Gasteiger partial charge >= 0.3 is 0 Å². The Labute approximate surface area is 383 Å². The second kappa shape index (κ2) is 23.4. The van der Waals surface area contributed by atoms with E-state index in [-0.39, 0.29) is 11.4 Å². The number of amides is 1. The van der Waals surface area contributed by atoms with Crippen LogP contribution in [0.5, 0.6) is 5.75 Å². The molecular formula is C38H58N2O28. The van der Waals surface area contributed by atoms with E-state index in [2.05, 4.69) is 5.32 Å². The summed E-state index contributed by atoms with van der Waals surface area (Å²) in [7, 11) is 0. The third-order valence-electron chi connectivity index (χ3n) is 12.0. The zero-order valence-corrected chi connectivity index (χ0v) is 35.7. The number of nitro benzene ring substituents is 1. The van der Waals surface area contributed by atoms with E-state index < -0.39 is 197 Å². The summed E-state index contributed by atoms with van der Waals surface area (Å²) in [4.78, 5) is 22.2. The van der Waals surface area contributed by atoms with Gasteiger partial charge in [0, 0.05) is 19.1 Å². The molecule has 16 N–H and O–H groups in total. The number of aliphatic hydroxyl groups is 15. The van der Waals surface area contributed by atoms with Crippen LogP contribution in [-0.2, 0) is 47.4 Å². The molecule has 5 saturated heterocycles. The number of non-ortho nitro benzene ring substituents is 1. The first-order valence-electron chi connectivity index (χ1n) is 21.2. The smallest absolute Gasteiger partial charge is 0.269 e. The molecule has 68 heavy (non-hydrogen) atoms. The molecule has 0 radical (unpaired) electrons. The van der Waals surface area contributed by atoms with E-state index >= 15 is 0 Å². The van der Waals surface area contributed by atoms with Gasteiger partial charge in [0.2, 0.25) is 12.2 Å². The summed E-state index contributed by atoms with van der Waals surface area (Å²) in [6, 6.07) is 3.09. The lowest BCUT2D eigenvalue weighted by Gasteiger charge is -2.49. The van der Waals surface area contributed by atoms with Crippen LogP contribution in [0.1, 0.15) is 6.92 Å². The molecule has 0 aliphatic carbocycles. The number of nitrogens with zero attached hydrogens (tertiary/aromatic N) is 1. The molecule has 5 fully saturated rings. The molecule has 0 bridgehead atoms. The number of benzene rings is 1. The standard InChI is InChI=1S/C38H58N2O28/c1-11(46)39-19-21(48)20(47)14(6-41)60-34(19)65-30-15(7-42)62-36(27(54)23(30)50)67-32-17(9-44)64-38(29(56)25(32)52)68-33-18(10-45)63-37(28(55)24(33)51)66-31-16(8-43)61-35(26(53)22(31)49)59-13-4-2-12(3-5-13)40(57)58/h2-5,14-38,41-45,47-56H,6-10H2,1H3,(H,39,46)/t14-,15-,16-,17-,18-,19-,20-,21-,22-,23-,24-,25-,26-,27-,28-,29-,30-,31-,32-,33-,34+,35?,36-,37-,38-/m1/s1. The molecule has 5 aliphatic rings. The van der Waals surface area contributed by atoms with Crippen LogP contribution in [0.25, 0.3) is 0 Å². The average molecular weight is 991 g/mol. The predicted molar refractivity (Wildman–Crippen MR) is 210 cm³/mol. The highest BCUT2D eigenvalue weighted by molar-refractivity contribution is 5.73. The molecule has 1 unspecified atom stereocenters. The van der Waals surface area contributed by atoms with Crippen LogP contribution in [0.3, 0.4) is 0 Å². The van der Waals surface area contributed by atoms with Crippen LogP contribution < -0.4 is 10.1 Å². The summed E-state index contributed by atoms with van der Waals surface area (Å²) in [5.41, 5.74) is -0.269. The molecule has 5 aliphatic heterocycles. The molecule has 1 aromatic carbocycles. The first kappa shape index (κ1) is 54.3. The van der Waals surface area contributed by atoms with Crippen molar-refractivity contribution >= 4 is 11.6 Å². The van der Waals surface area contributed by atoms with E-state index in [4.69, 9.17) is 47.4 Å². The number of ether oxygens (including phenoxy) is 10. The van der Waals surface area contributed by atoms with Gasteiger partial charge < -0.3 is 129 Å². The van der Waals surface area contributed by atoms with Gasteiger partial charge in [-0.1, -0.05) is 0 Å². The van der Waals surface area contributed by atoms with Crippen molar-refractivity contribution in [3.8, 4) is 5.75 Å². The third-order valence-corrected chi connectivity index (χ3v) is 12.0. The van der Waals surface area contributed by atoms with E-state index in [9.17, 15) is 91.5 Å². The molecule has 30 nitrogen and oxygen atoms in total. The van der Waals surface area contributed by atoms with Crippen LogP contribution >= 0.6 is 0 Å². The quantitative estimate of drug-likeness (QED) is 0.0509. The van der Waals surface area contributed by atoms with E-state index in [0.717, 1.165) is 19.1 Å². The van der Waals surface area contributed by atoms with Crippen molar-refractivity contribution in [1.29, 1.82) is 0 Å². The van der Waals surface area contributed by atoms with Crippen molar-refractivity contribution < 1.29 is 134 Å². The minimum atomic E-state index is -2.16. The highest BCUT2D eigenvalue weighted by Gasteiger charge is 2.56. The van der Waals surface area contributed by atoms with Crippen LogP contribution in [0.2, 0.25) is 0 Å². The fourth-order valence-electron chi connectivity index (χ4n) is 8.30. The molecule has 388 valence electrons. The lowest BCUT2D eigenvalue weighted by molar-refractivity contribution is -0.391.